The standard InChI is InChI=1S/C14H30N2/c1-4-12(2)11-16(3)14(10-15)13-8-6-5-7-9-13/h12-14H,4-11,15H2,1-3H3. The van der Waals surface area contributed by atoms with Crippen LogP contribution < -0.4 is 5.73 Å². The molecule has 2 unspecified atom stereocenters. The molecule has 0 spiro atoms. The van der Waals surface area contributed by atoms with Crippen LogP contribution in [-0.2, 0) is 0 Å². The molecule has 0 aromatic carbocycles. The second-order valence-corrected chi connectivity index (χ2v) is 5.65. The molecule has 1 aliphatic carbocycles. The molecule has 0 amide bonds. The first-order chi connectivity index (χ1) is 7.69. The molecule has 1 aliphatic rings. The van der Waals surface area contributed by atoms with Crippen molar-refractivity contribution in [1.82, 2.24) is 4.90 Å². The Kier molecular flexibility index (Phi) is 6.37. The zero-order valence-electron chi connectivity index (χ0n) is 11.4. The van der Waals surface area contributed by atoms with E-state index in [0.29, 0.717) is 6.04 Å². The van der Waals surface area contributed by atoms with Gasteiger partial charge < -0.3 is 10.6 Å². The summed E-state index contributed by atoms with van der Waals surface area (Å²) in [5.74, 6) is 1.65. The summed E-state index contributed by atoms with van der Waals surface area (Å²) in [6.45, 7) is 6.65. The molecule has 0 aromatic rings. The van der Waals surface area contributed by atoms with Gasteiger partial charge in [-0.3, -0.25) is 0 Å². The first kappa shape index (κ1) is 14.0. The van der Waals surface area contributed by atoms with Gasteiger partial charge in [-0.2, -0.15) is 0 Å². The highest BCUT2D eigenvalue weighted by molar-refractivity contribution is 4.81. The van der Waals surface area contributed by atoms with Gasteiger partial charge in [0.2, 0.25) is 0 Å². The van der Waals surface area contributed by atoms with Crippen molar-refractivity contribution < 1.29 is 0 Å². The number of likely N-dealkylation sites (N-methyl/N-ethyl adjacent to an activating group) is 1. The Hall–Kier alpha value is -0.0800. The zero-order chi connectivity index (χ0) is 12.0. The van der Waals surface area contributed by atoms with Gasteiger partial charge in [0.05, 0.1) is 0 Å². The van der Waals surface area contributed by atoms with Gasteiger partial charge in [0.1, 0.15) is 0 Å². The van der Waals surface area contributed by atoms with Crippen LogP contribution in [0.25, 0.3) is 0 Å². The summed E-state index contributed by atoms with van der Waals surface area (Å²) >= 11 is 0. The quantitative estimate of drug-likeness (QED) is 0.754. The van der Waals surface area contributed by atoms with Crippen LogP contribution in [0.15, 0.2) is 0 Å². The van der Waals surface area contributed by atoms with Crippen LogP contribution in [0.2, 0.25) is 0 Å². The van der Waals surface area contributed by atoms with Crippen molar-refractivity contribution in [1.29, 1.82) is 0 Å². The van der Waals surface area contributed by atoms with E-state index in [2.05, 4.69) is 25.8 Å². The van der Waals surface area contributed by atoms with E-state index in [4.69, 9.17) is 5.73 Å². The maximum Gasteiger partial charge on any atom is 0.0243 e. The smallest absolute Gasteiger partial charge is 0.0243 e. The number of nitrogens with zero attached hydrogens (tertiary/aromatic N) is 1. The Morgan fingerprint density at radius 3 is 2.38 bits per heavy atom. The number of hydrogen-bond acceptors (Lipinski definition) is 2. The van der Waals surface area contributed by atoms with Gasteiger partial charge >= 0.3 is 0 Å². The Labute approximate surface area is 102 Å². The van der Waals surface area contributed by atoms with Crippen LogP contribution >= 0.6 is 0 Å². The monoisotopic (exact) mass is 226 g/mol. The molecule has 0 saturated heterocycles. The number of nitrogens with two attached hydrogens (primary N) is 1. The third-order valence-corrected chi connectivity index (χ3v) is 4.30. The SMILES string of the molecule is CCC(C)CN(C)C(CN)C1CCCCC1. The molecule has 0 aliphatic heterocycles. The summed E-state index contributed by atoms with van der Waals surface area (Å²) < 4.78 is 0. The molecule has 1 rings (SSSR count). The fourth-order valence-corrected chi connectivity index (χ4v) is 3.01. The molecule has 2 N–H and O–H groups in total. The summed E-state index contributed by atoms with van der Waals surface area (Å²) in [5.41, 5.74) is 5.98. The summed E-state index contributed by atoms with van der Waals surface area (Å²) in [6, 6.07) is 0.620. The Morgan fingerprint density at radius 2 is 1.88 bits per heavy atom. The maximum absolute atomic E-state index is 5.98. The van der Waals surface area contributed by atoms with Gasteiger partial charge in [-0.05, 0) is 31.7 Å². The van der Waals surface area contributed by atoms with Crippen molar-refractivity contribution in [2.45, 2.75) is 58.4 Å². The van der Waals surface area contributed by atoms with Crippen molar-refractivity contribution in [2.75, 3.05) is 20.1 Å². The summed E-state index contributed by atoms with van der Waals surface area (Å²) in [7, 11) is 2.26. The lowest BCUT2D eigenvalue weighted by molar-refractivity contribution is 0.133. The average molecular weight is 226 g/mol. The minimum atomic E-state index is 0.620. The Morgan fingerprint density at radius 1 is 1.25 bits per heavy atom. The van der Waals surface area contributed by atoms with E-state index in [0.717, 1.165) is 18.4 Å². The number of hydrogen-bond donors (Lipinski definition) is 1. The predicted octanol–water partition coefficient (Wildman–Crippen LogP) is 2.87. The van der Waals surface area contributed by atoms with E-state index in [1.165, 1.54) is 45.1 Å². The van der Waals surface area contributed by atoms with Crippen molar-refractivity contribution in [3.63, 3.8) is 0 Å². The van der Waals surface area contributed by atoms with Gasteiger partial charge in [-0.15, -0.1) is 0 Å². The lowest BCUT2D eigenvalue weighted by Crippen LogP contribution is -2.45. The normalized spacial score (nSPS) is 22.3. The van der Waals surface area contributed by atoms with Gasteiger partial charge in [0.25, 0.3) is 0 Å². The van der Waals surface area contributed by atoms with Gasteiger partial charge in [-0.25, -0.2) is 0 Å². The highest BCUT2D eigenvalue weighted by Gasteiger charge is 2.26. The van der Waals surface area contributed by atoms with Crippen LogP contribution in [0.3, 0.4) is 0 Å². The summed E-state index contributed by atoms with van der Waals surface area (Å²) in [6.07, 6.45) is 8.32. The molecular weight excluding hydrogens is 196 g/mol. The van der Waals surface area contributed by atoms with E-state index >= 15 is 0 Å². The van der Waals surface area contributed by atoms with Crippen LogP contribution in [-0.4, -0.2) is 31.1 Å². The lowest BCUT2D eigenvalue weighted by Gasteiger charge is -2.37. The predicted molar refractivity (Wildman–Crippen MR) is 71.5 cm³/mol. The van der Waals surface area contributed by atoms with Crippen LogP contribution in [0.5, 0.6) is 0 Å². The third kappa shape index (κ3) is 4.06. The Balaban J connectivity index is 2.44. The largest absolute Gasteiger partial charge is 0.329 e. The summed E-state index contributed by atoms with van der Waals surface area (Å²) in [5, 5.41) is 0. The first-order valence-electron chi connectivity index (χ1n) is 7.09. The first-order valence-corrected chi connectivity index (χ1v) is 7.09. The number of rotatable bonds is 6. The highest BCUT2D eigenvalue weighted by Crippen LogP contribution is 2.28. The molecular formula is C14H30N2. The molecule has 1 saturated carbocycles. The molecule has 0 radical (unpaired) electrons. The van der Waals surface area contributed by atoms with Gasteiger partial charge in [-0.1, -0.05) is 39.5 Å². The molecule has 0 aromatic heterocycles. The van der Waals surface area contributed by atoms with E-state index in [9.17, 15) is 0 Å². The van der Waals surface area contributed by atoms with E-state index in [1.54, 1.807) is 0 Å². The second kappa shape index (κ2) is 7.29. The molecule has 1 fully saturated rings. The summed E-state index contributed by atoms with van der Waals surface area (Å²) in [4.78, 5) is 2.52. The minimum Gasteiger partial charge on any atom is -0.329 e. The second-order valence-electron chi connectivity index (χ2n) is 5.65. The van der Waals surface area contributed by atoms with Gasteiger partial charge in [0, 0.05) is 19.1 Å². The van der Waals surface area contributed by atoms with Crippen molar-refractivity contribution in [3.8, 4) is 0 Å². The Bertz CT molecular complexity index is 176. The van der Waals surface area contributed by atoms with Crippen LogP contribution in [0.1, 0.15) is 52.4 Å². The third-order valence-electron chi connectivity index (χ3n) is 4.30. The zero-order valence-corrected chi connectivity index (χ0v) is 11.4. The minimum absolute atomic E-state index is 0.620. The fraction of sp³-hybridized carbons (Fsp3) is 1.00. The van der Waals surface area contributed by atoms with Gasteiger partial charge in [0.15, 0.2) is 0 Å². The molecule has 16 heavy (non-hydrogen) atoms. The van der Waals surface area contributed by atoms with Crippen molar-refractivity contribution >= 4 is 0 Å². The molecule has 0 bridgehead atoms. The van der Waals surface area contributed by atoms with Crippen LogP contribution in [0, 0.1) is 11.8 Å². The molecule has 96 valence electrons. The fourth-order valence-electron chi connectivity index (χ4n) is 3.01. The molecule has 2 nitrogen and oxygen atoms in total. The maximum atomic E-state index is 5.98. The van der Waals surface area contributed by atoms with Crippen molar-refractivity contribution in [3.05, 3.63) is 0 Å². The molecule has 2 atom stereocenters. The average Bonchev–Trinajstić information content (AvgIpc) is 2.31. The topological polar surface area (TPSA) is 29.3 Å². The molecule has 2 heteroatoms. The van der Waals surface area contributed by atoms with Crippen LogP contribution in [0.4, 0.5) is 0 Å². The van der Waals surface area contributed by atoms with Crippen molar-refractivity contribution in [2.24, 2.45) is 17.6 Å². The molecule has 0 heterocycles. The van der Waals surface area contributed by atoms with E-state index < -0.39 is 0 Å². The van der Waals surface area contributed by atoms with E-state index in [-0.39, 0.29) is 0 Å². The lowest BCUT2D eigenvalue weighted by atomic mass is 9.83. The highest BCUT2D eigenvalue weighted by atomic mass is 15.1. The van der Waals surface area contributed by atoms with E-state index in [1.807, 2.05) is 0 Å².